The van der Waals surface area contributed by atoms with Crippen LogP contribution in [0.2, 0.25) is 0 Å². The zero-order valence-corrected chi connectivity index (χ0v) is 11.3. The van der Waals surface area contributed by atoms with E-state index in [1.165, 1.54) is 37.8 Å². The second-order valence-electron chi connectivity index (χ2n) is 5.69. The van der Waals surface area contributed by atoms with E-state index in [1.54, 1.807) is 6.08 Å². The third-order valence-electron chi connectivity index (χ3n) is 4.44. The van der Waals surface area contributed by atoms with E-state index in [2.05, 4.69) is 29.2 Å². The molecule has 1 aromatic rings. The van der Waals surface area contributed by atoms with Crippen molar-refractivity contribution < 1.29 is 4.79 Å². The standard InChI is InChI=1S/C17H21NO/c19-16-11-12-18(15-9-5-2-6-10-15)17(13-16)14-7-3-1-4-8-14/h2,5-6,9-12,14,17H,1,3-4,7-8,13H2. The Balaban J connectivity index is 1.86. The lowest BCUT2D eigenvalue weighted by Gasteiger charge is -2.39. The molecule has 0 spiro atoms. The van der Waals surface area contributed by atoms with Crippen molar-refractivity contribution in [1.82, 2.24) is 0 Å². The first-order valence-electron chi connectivity index (χ1n) is 7.39. The van der Waals surface area contributed by atoms with Crippen LogP contribution in [0.5, 0.6) is 0 Å². The summed E-state index contributed by atoms with van der Waals surface area (Å²) >= 11 is 0. The molecule has 3 rings (SSSR count). The first-order chi connectivity index (χ1) is 9.34. The lowest BCUT2D eigenvalue weighted by molar-refractivity contribution is -0.115. The van der Waals surface area contributed by atoms with Crippen molar-refractivity contribution in [2.24, 2.45) is 5.92 Å². The molecule has 1 aromatic carbocycles. The minimum Gasteiger partial charge on any atom is -0.344 e. The molecule has 19 heavy (non-hydrogen) atoms. The van der Waals surface area contributed by atoms with E-state index in [0.717, 1.165) is 0 Å². The van der Waals surface area contributed by atoms with Crippen molar-refractivity contribution >= 4 is 11.5 Å². The fourth-order valence-corrected chi connectivity index (χ4v) is 3.44. The third kappa shape index (κ3) is 2.73. The maximum Gasteiger partial charge on any atom is 0.159 e. The number of ketones is 1. The van der Waals surface area contributed by atoms with Crippen LogP contribution >= 0.6 is 0 Å². The van der Waals surface area contributed by atoms with Gasteiger partial charge in [0.1, 0.15) is 0 Å². The number of carbonyl (C=O) groups excluding carboxylic acids is 1. The summed E-state index contributed by atoms with van der Waals surface area (Å²) in [6, 6.07) is 10.8. The third-order valence-corrected chi connectivity index (χ3v) is 4.44. The molecule has 2 heteroatoms. The molecule has 0 N–H and O–H groups in total. The van der Waals surface area contributed by atoms with Gasteiger partial charge < -0.3 is 4.90 Å². The highest BCUT2D eigenvalue weighted by molar-refractivity contribution is 5.92. The van der Waals surface area contributed by atoms with Gasteiger partial charge >= 0.3 is 0 Å². The Morgan fingerprint density at radius 3 is 2.47 bits per heavy atom. The van der Waals surface area contributed by atoms with Crippen LogP contribution in [-0.4, -0.2) is 11.8 Å². The number of rotatable bonds is 2. The van der Waals surface area contributed by atoms with Crippen molar-refractivity contribution in [2.75, 3.05) is 4.90 Å². The molecule has 1 aliphatic heterocycles. The molecule has 1 saturated carbocycles. The molecule has 100 valence electrons. The highest BCUT2D eigenvalue weighted by Crippen LogP contribution is 2.34. The van der Waals surface area contributed by atoms with E-state index in [9.17, 15) is 4.79 Å². The van der Waals surface area contributed by atoms with Gasteiger partial charge in [-0.2, -0.15) is 0 Å². The van der Waals surface area contributed by atoms with Crippen molar-refractivity contribution in [3.8, 4) is 0 Å². The topological polar surface area (TPSA) is 20.3 Å². The Kier molecular flexibility index (Phi) is 3.67. The number of carbonyl (C=O) groups is 1. The monoisotopic (exact) mass is 255 g/mol. The Labute approximate surface area is 115 Å². The molecule has 1 atom stereocenters. The molecular formula is C17H21NO. The Morgan fingerprint density at radius 2 is 1.74 bits per heavy atom. The second-order valence-corrected chi connectivity index (χ2v) is 5.69. The molecule has 0 radical (unpaired) electrons. The van der Waals surface area contributed by atoms with Crippen LogP contribution in [0.25, 0.3) is 0 Å². The summed E-state index contributed by atoms with van der Waals surface area (Å²) in [5.74, 6) is 0.950. The molecule has 0 saturated heterocycles. The van der Waals surface area contributed by atoms with Crippen LogP contribution in [0, 0.1) is 5.92 Å². The summed E-state index contributed by atoms with van der Waals surface area (Å²) in [5, 5.41) is 0. The zero-order valence-electron chi connectivity index (χ0n) is 11.3. The molecule has 1 unspecified atom stereocenters. The SMILES string of the molecule is O=C1C=CN(c2ccccc2)C(C2CCCCC2)C1. The Hall–Kier alpha value is -1.57. The average molecular weight is 255 g/mol. The molecule has 2 aliphatic rings. The minimum absolute atomic E-state index is 0.280. The molecular weight excluding hydrogens is 234 g/mol. The quantitative estimate of drug-likeness (QED) is 0.798. The van der Waals surface area contributed by atoms with E-state index in [0.29, 0.717) is 18.4 Å². The highest BCUT2D eigenvalue weighted by Gasteiger charge is 2.31. The van der Waals surface area contributed by atoms with Gasteiger partial charge in [0.2, 0.25) is 0 Å². The fraction of sp³-hybridized carbons (Fsp3) is 0.471. The zero-order chi connectivity index (χ0) is 13.1. The number of hydrogen-bond acceptors (Lipinski definition) is 2. The largest absolute Gasteiger partial charge is 0.344 e. The normalized spacial score (nSPS) is 24.7. The van der Waals surface area contributed by atoms with Crippen molar-refractivity contribution in [1.29, 1.82) is 0 Å². The van der Waals surface area contributed by atoms with Gasteiger partial charge in [0.05, 0.1) is 0 Å². The van der Waals surface area contributed by atoms with Crippen molar-refractivity contribution in [2.45, 2.75) is 44.6 Å². The van der Waals surface area contributed by atoms with Crippen LogP contribution in [0.4, 0.5) is 5.69 Å². The lowest BCUT2D eigenvalue weighted by Crippen LogP contribution is -2.42. The van der Waals surface area contributed by atoms with E-state index < -0.39 is 0 Å². The van der Waals surface area contributed by atoms with Gasteiger partial charge in [0.25, 0.3) is 0 Å². The molecule has 1 aliphatic carbocycles. The van der Waals surface area contributed by atoms with Gasteiger partial charge in [-0.3, -0.25) is 4.79 Å². The predicted molar refractivity (Wildman–Crippen MR) is 78.0 cm³/mol. The second kappa shape index (κ2) is 5.60. The molecule has 2 nitrogen and oxygen atoms in total. The summed E-state index contributed by atoms with van der Waals surface area (Å²) in [7, 11) is 0. The summed E-state index contributed by atoms with van der Waals surface area (Å²) in [6.07, 6.45) is 10.9. The van der Waals surface area contributed by atoms with Gasteiger partial charge in [0.15, 0.2) is 5.78 Å². The van der Waals surface area contributed by atoms with Crippen molar-refractivity contribution in [3.63, 3.8) is 0 Å². The molecule has 0 bridgehead atoms. The summed E-state index contributed by atoms with van der Waals surface area (Å²) < 4.78 is 0. The molecule has 1 heterocycles. The molecule has 0 amide bonds. The summed E-state index contributed by atoms with van der Waals surface area (Å²) in [5.41, 5.74) is 1.21. The van der Waals surface area contributed by atoms with Crippen LogP contribution in [0.1, 0.15) is 38.5 Å². The highest BCUT2D eigenvalue weighted by atomic mass is 16.1. The van der Waals surface area contributed by atoms with Crippen LogP contribution in [-0.2, 0) is 4.79 Å². The minimum atomic E-state index is 0.280. The molecule has 1 fully saturated rings. The first kappa shape index (κ1) is 12.5. The maximum atomic E-state index is 11.8. The number of para-hydroxylation sites is 1. The Bertz CT molecular complexity index is 459. The number of allylic oxidation sites excluding steroid dienone is 1. The van der Waals surface area contributed by atoms with E-state index in [1.807, 2.05) is 12.3 Å². The van der Waals surface area contributed by atoms with Crippen LogP contribution in [0.3, 0.4) is 0 Å². The van der Waals surface area contributed by atoms with Gasteiger partial charge in [-0.1, -0.05) is 37.5 Å². The number of anilines is 1. The van der Waals surface area contributed by atoms with E-state index in [-0.39, 0.29) is 5.78 Å². The predicted octanol–water partition coefficient (Wildman–Crippen LogP) is 3.93. The van der Waals surface area contributed by atoms with Gasteiger partial charge in [0, 0.05) is 24.4 Å². The first-order valence-corrected chi connectivity index (χ1v) is 7.39. The van der Waals surface area contributed by atoms with Crippen LogP contribution < -0.4 is 4.90 Å². The maximum absolute atomic E-state index is 11.8. The van der Waals surface area contributed by atoms with Crippen LogP contribution in [0.15, 0.2) is 42.6 Å². The van der Waals surface area contributed by atoms with E-state index >= 15 is 0 Å². The smallest absolute Gasteiger partial charge is 0.159 e. The van der Waals surface area contributed by atoms with Gasteiger partial charge in [-0.25, -0.2) is 0 Å². The van der Waals surface area contributed by atoms with Crippen molar-refractivity contribution in [3.05, 3.63) is 42.6 Å². The van der Waals surface area contributed by atoms with Gasteiger partial charge in [-0.05, 0) is 37.0 Å². The summed E-state index contributed by atoms with van der Waals surface area (Å²) in [6.45, 7) is 0. The molecule has 0 aromatic heterocycles. The Morgan fingerprint density at radius 1 is 1.00 bits per heavy atom. The van der Waals surface area contributed by atoms with E-state index in [4.69, 9.17) is 0 Å². The average Bonchev–Trinajstić information content (AvgIpc) is 2.49. The van der Waals surface area contributed by atoms with Gasteiger partial charge in [-0.15, -0.1) is 0 Å². The number of benzene rings is 1. The summed E-state index contributed by atoms with van der Waals surface area (Å²) in [4.78, 5) is 14.1. The fourth-order valence-electron chi connectivity index (χ4n) is 3.44. The number of hydrogen-bond donors (Lipinski definition) is 0. The number of nitrogens with zero attached hydrogens (tertiary/aromatic N) is 1. The lowest BCUT2D eigenvalue weighted by atomic mass is 9.80.